The predicted octanol–water partition coefficient (Wildman–Crippen LogP) is 3.41. The van der Waals surface area contributed by atoms with Gasteiger partial charge in [0.05, 0.1) is 12.5 Å². The molecule has 1 spiro atoms. The molecule has 2 heterocycles. The molecule has 1 saturated carbocycles. The van der Waals surface area contributed by atoms with Crippen molar-refractivity contribution >= 4 is 5.91 Å². The second-order valence-electron chi connectivity index (χ2n) is 9.33. The summed E-state index contributed by atoms with van der Waals surface area (Å²) in [5.41, 5.74) is 4.15. The Morgan fingerprint density at radius 1 is 1.11 bits per heavy atom. The molecule has 4 aliphatic rings. The van der Waals surface area contributed by atoms with Crippen molar-refractivity contribution in [2.24, 2.45) is 11.3 Å². The Bertz CT molecular complexity index is 742. The number of amides is 1. The van der Waals surface area contributed by atoms with Crippen LogP contribution in [-0.2, 0) is 24.2 Å². The van der Waals surface area contributed by atoms with Crippen molar-refractivity contribution in [2.75, 3.05) is 33.3 Å². The van der Waals surface area contributed by atoms with E-state index in [-0.39, 0.29) is 5.41 Å². The van der Waals surface area contributed by atoms with Crippen LogP contribution in [0.15, 0.2) is 12.1 Å². The molecule has 0 unspecified atom stereocenters. The summed E-state index contributed by atoms with van der Waals surface area (Å²) in [7, 11) is 1.78. The fraction of sp³-hybridized carbons (Fsp3) is 0.696. The third-order valence-electron chi connectivity index (χ3n) is 7.32. The molecular weight excluding hydrogens is 336 g/mol. The van der Waals surface area contributed by atoms with Crippen LogP contribution in [-0.4, -0.2) is 49.0 Å². The summed E-state index contributed by atoms with van der Waals surface area (Å²) in [6.07, 6.45) is 9.57. The van der Waals surface area contributed by atoms with Gasteiger partial charge in [-0.2, -0.15) is 0 Å². The number of aryl methyl sites for hydroxylation is 2. The Labute approximate surface area is 162 Å². The van der Waals surface area contributed by atoms with Crippen LogP contribution >= 0.6 is 0 Å². The largest absolute Gasteiger partial charge is 0.496 e. The number of ether oxygens (including phenoxy) is 1. The first-order valence-corrected chi connectivity index (χ1v) is 10.9. The van der Waals surface area contributed by atoms with E-state index >= 15 is 0 Å². The Hall–Kier alpha value is -1.55. The predicted molar refractivity (Wildman–Crippen MR) is 106 cm³/mol. The highest BCUT2D eigenvalue weighted by molar-refractivity contribution is 5.84. The lowest BCUT2D eigenvalue weighted by molar-refractivity contribution is -0.145. The lowest BCUT2D eigenvalue weighted by atomic mass is 9.78. The molecule has 1 aromatic carbocycles. The summed E-state index contributed by atoms with van der Waals surface area (Å²) in [6, 6.07) is 4.63. The lowest BCUT2D eigenvalue weighted by Crippen LogP contribution is -2.50. The molecule has 2 saturated heterocycles. The lowest BCUT2D eigenvalue weighted by Gasteiger charge is -2.39. The molecule has 2 aliphatic carbocycles. The fourth-order valence-corrected chi connectivity index (χ4v) is 5.62. The van der Waals surface area contributed by atoms with Gasteiger partial charge in [-0.25, -0.2) is 0 Å². The van der Waals surface area contributed by atoms with E-state index in [9.17, 15) is 4.79 Å². The fourth-order valence-electron chi connectivity index (χ4n) is 5.62. The SMILES string of the molecule is COc1cc2c(cc1CN1CC[C@]3(CCCN(CC4CC4)C3=O)C1)CCC2. The Morgan fingerprint density at radius 3 is 2.70 bits per heavy atom. The second kappa shape index (κ2) is 6.80. The number of nitrogens with zero attached hydrogens (tertiary/aromatic N) is 2. The Morgan fingerprint density at radius 2 is 1.93 bits per heavy atom. The third-order valence-corrected chi connectivity index (χ3v) is 7.32. The number of fused-ring (bicyclic) bond motifs is 1. The van der Waals surface area contributed by atoms with Crippen LogP contribution in [0.3, 0.4) is 0 Å². The van der Waals surface area contributed by atoms with Gasteiger partial charge in [-0.1, -0.05) is 6.07 Å². The molecular formula is C23H32N2O2. The standard InChI is InChI=1S/C23H32N2O2/c1-27-21-13-19-5-2-4-18(19)12-20(21)15-24-11-9-23(16-24)8-3-10-25(22(23)26)14-17-6-7-17/h12-13,17H,2-11,14-16H2,1H3/t23-/m1/s1. The van der Waals surface area contributed by atoms with E-state index in [0.717, 1.165) is 57.2 Å². The first-order chi connectivity index (χ1) is 13.2. The molecule has 1 amide bonds. The molecule has 2 aliphatic heterocycles. The van der Waals surface area contributed by atoms with Crippen molar-refractivity contribution in [3.63, 3.8) is 0 Å². The summed E-state index contributed by atoms with van der Waals surface area (Å²) >= 11 is 0. The maximum atomic E-state index is 13.3. The summed E-state index contributed by atoms with van der Waals surface area (Å²) in [5, 5.41) is 0. The van der Waals surface area contributed by atoms with E-state index in [2.05, 4.69) is 21.9 Å². The number of piperidine rings is 1. The van der Waals surface area contributed by atoms with Crippen LogP contribution in [0.2, 0.25) is 0 Å². The monoisotopic (exact) mass is 368 g/mol. The van der Waals surface area contributed by atoms with Gasteiger partial charge in [0.25, 0.3) is 0 Å². The average molecular weight is 369 g/mol. The van der Waals surface area contributed by atoms with E-state index in [4.69, 9.17) is 4.74 Å². The van der Waals surface area contributed by atoms with Crippen molar-refractivity contribution < 1.29 is 9.53 Å². The zero-order valence-electron chi connectivity index (χ0n) is 16.6. The van der Waals surface area contributed by atoms with E-state index in [0.29, 0.717) is 5.91 Å². The van der Waals surface area contributed by atoms with E-state index < -0.39 is 0 Å². The minimum absolute atomic E-state index is 0.114. The normalized spacial score (nSPS) is 28.2. The van der Waals surface area contributed by atoms with Crippen LogP contribution in [0.1, 0.15) is 55.2 Å². The highest BCUT2D eigenvalue weighted by atomic mass is 16.5. The number of carbonyl (C=O) groups excluding carboxylic acids is 1. The van der Waals surface area contributed by atoms with Crippen molar-refractivity contribution in [3.05, 3.63) is 28.8 Å². The highest BCUT2D eigenvalue weighted by Gasteiger charge is 2.48. The van der Waals surface area contributed by atoms with Gasteiger partial charge in [-0.15, -0.1) is 0 Å². The first kappa shape index (κ1) is 17.5. The number of carbonyl (C=O) groups is 1. The van der Waals surface area contributed by atoms with Crippen LogP contribution in [0.25, 0.3) is 0 Å². The van der Waals surface area contributed by atoms with Gasteiger partial charge in [-0.3, -0.25) is 9.69 Å². The number of benzene rings is 1. The van der Waals surface area contributed by atoms with Crippen LogP contribution in [0, 0.1) is 11.3 Å². The van der Waals surface area contributed by atoms with Gasteiger partial charge < -0.3 is 9.64 Å². The van der Waals surface area contributed by atoms with Crippen molar-refractivity contribution in [1.82, 2.24) is 9.80 Å². The number of likely N-dealkylation sites (tertiary alicyclic amines) is 2. The van der Waals surface area contributed by atoms with Crippen LogP contribution < -0.4 is 4.74 Å². The molecule has 3 fully saturated rings. The molecule has 4 nitrogen and oxygen atoms in total. The maximum Gasteiger partial charge on any atom is 0.230 e. The minimum Gasteiger partial charge on any atom is -0.496 e. The van der Waals surface area contributed by atoms with Gasteiger partial charge in [0.2, 0.25) is 5.91 Å². The molecule has 0 N–H and O–H groups in total. The molecule has 0 bridgehead atoms. The molecule has 146 valence electrons. The zero-order valence-corrected chi connectivity index (χ0v) is 16.6. The van der Waals surface area contributed by atoms with Crippen molar-refractivity contribution in [3.8, 4) is 5.75 Å². The number of hydrogen-bond donors (Lipinski definition) is 0. The first-order valence-electron chi connectivity index (χ1n) is 10.9. The highest BCUT2D eigenvalue weighted by Crippen LogP contribution is 2.42. The quantitative estimate of drug-likeness (QED) is 0.798. The van der Waals surface area contributed by atoms with E-state index in [1.54, 1.807) is 7.11 Å². The second-order valence-corrected chi connectivity index (χ2v) is 9.33. The maximum absolute atomic E-state index is 13.3. The van der Waals surface area contributed by atoms with E-state index in [1.165, 1.54) is 55.2 Å². The average Bonchev–Trinajstić information content (AvgIpc) is 3.22. The smallest absolute Gasteiger partial charge is 0.230 e. The summed E-state index contributed by atoms with van der Waals surface area (Å²) in [5.74, 6) is 2.27. The van der Waals surface area contributed by atoms with Crippen molar-refractivity contribution in [2.45, 2.75) is 57.9 Å². The topological polar surface area (TPSA) is 32.8 Å². The Balaban J connectivity index is 1.30. The Kier molecular flexibility index (Phi) is 4.42. The number of methoxy groups -OCH3 is 1. The van der Waals surface area contributed by atoms with Crippen LogP contribution in [0.5, 0.6) is 5.75 Å². The molecule has 1 aromatic rings. The van der Waals surface area contributed by atoms with Crippen LogP contribution in [0.4, 0.5) is 0 Å². The summed E-state index contributed by atoms with van der Waals surface area (Å²) < 4.78 is 5.70. The molecule has 1 atom stereocenters. The molecule has 4 heteroatoms. The molecule has 0 radical (unpaired) electrons. The van der Waals surface area contributed by atoms with Gasteiger partial charge >= 0.3 is 0 Å². The third kappa shape index (κ3) is 3.26. The minimum atomic E-state index is -0.114. The van der Waals surface area contributed by atoms with Gasteiger partial charge in [0.15, 0.2) is 0 Å². The molecule has 0 aromatic heterocycles. The molecule has 5 rings (SSSR count). The zero-order chi connectivity index (χ0) is 18.4. The number of rotatable bonds is 5. The van der Waals surface area contributed by atoms with Gasteiger partial charge in [0.1, 0.15) is 5.75 Å². The summed E-state index contributed by atoms with van der Waals surface area (Å²) in [4.78, 5) is 18.0. The van der Waals surface area contributed by atoms with Gasteiger partial charge in [-0.05, 0) is 81.0 Å². The van der Waals surface area contributed by atoms with Crippen molar-refractivity contribution in [1.29, 1.82) is 0 Å². The summed E-state index contributed by atoms with van der Waals surface area (Å²) in [6.45, 7) is 4.86. The number of hydrogen-bond acceptors (Lipinski definition) is 3. The van der Waals surface area contributed by atoms with E-state index in [1.807, 2.05) is 0 Å². The molecule has 27 heavy (non-hydrogen) atoms. The van der Waals surface area contributed by atoms with Gasteiger partial charge in [0, 0.05) is 31.7 Å².